The molecule has 1 aliphatic heterocycles. The van der Waals surface area contributed by atoms with Crippen molar-refractivity contribution < 1.29 is 23.8 Å². The zero-order valence-electron chi connectivity index (χ0n) is 13.6. The molecule has 0 bridgehead atoms. The van der Waals surface area contributed by atoms with Crippen molar-refractivity contribution >= 4 is 29.5 Å². The molecule has 1 aliphatic rings. The van der Waals surface area contributed by atoms with Gasteiger partial charge in [0.15, 0.2) is 0 Å². The SMILES string of the molecule is O=C(Oc1ccc(Cl)cc1)O[C@H]1C[C@H](n2cc(F)c(=O)[nH]c2=O)S[C@@H]1CO. The Morgan fingerprint density at radius 3 is 2.74 bits per heavy atom. The Morgan fingerprint density at radius 2 is 2.07 bits per heavy atom. The summed E-state index contributed by atoms with van der Waals surface area (Å²) in [6.07, 6.45) is -0.840. The molecular weight excluding hydrogens is 403 g/mol. The van der Waals surface area contributed by atoms with E-state index >= 15 is 0 Å². The van der Waals surface area contributed by atoms with E-state index < -0.39 is 39.9 Å². The number of nitrogens with one attached hydrogen (secondary N) is 1. The molecule has 1 saturated heterocycles. The molecule has 1 aromatic carbocycles. The number of aromatic amines is 1. The van der Waals surface area contributed by atoms with E-state index in [1.165, 1.54) is 12.1 Å². The minimum Gasteiger partial charge on any atom is -0.429 e. The lowest BCUT2D eigenvalue weighted by Crippen LogP contribution is -2.33. The first-order valence-electron chi connectivity index (χ1n) is 7.78. The molecule has 1 aromatic heterocycles. The van der Waals surface area contributed by atoms with Crippen molar-refractivity contribution in [2.45, 2.75) is 23.1 Å². The molecule has 8 nitrogen and oxygen atoms in total. The number of nitrogens with zero attached hydrogens (tertiary/aromatic N) is 1. The molecule has 11 heteroatoms. The van der Waals surface area contributed by atoms with E-state index in [9.17, 15) is 23.9 Å². The number of hydrogen-bond donors (Lipinski definition) is 2. The summed E-state index contributed by atoms with van der Waals surface area (Å²) in [5.74, 6) is -0.881. The molecule has 0 radical (unpaired) electrons. The van der Waals surface area contributed by atoms with Gasteiger partial charge in [0.1, 0.15) is 11.9 Å². The summed E-state index contributed by atoms with van der Waals surface area (Å²) in [5, 5.41) is 8.82. The normalized spacial score (nSPS) is 21.8. The average Bonchev–Trinajstić information content (AvgIpc) is 3.02. The van der Waals surface area contributed by atoms with E-state index in [2.05, 4.69) is 0 Å². The lowest BCUT2D eigenvalue weighted by molar-refractivity contribution is 0.0486. The lowest BCUT2D eigenvalue weighted by Gasteiger charge is -2.16. The number of carbonyl (C=O) groups excluding carboxylic acids is 1. The number of aromatic nitrogens is 2. The first kappa shape index (κ1) is 19.5. The summed E-state index contributed by atoms with van der Waals surface area (Å²) >= 11 is 6.88. The summed E-state index contributed by atoms with van der Waals surface area (Å²) < 4.78 is 24.8. The minimum atomic E-state index is -1.11. The third kappa shape index (κ3) is 4.52. The Bertz CT molecular complexity index is 947. The molecule has 3 atom stereocenters. The Kier molecular flexibility index (Phi) is 5.88. The number of aliphatic hydroxyl groups is 1. The Labute approximate surface area is 160 Å². The fraction of sp³-hybridized carbons (Fsp3) is 0.312. The van der Waals surface area contributed by atoms with Gasteiger partial charge in [-0.05, 0) is 24.3 Å². The van der Waals surface area contributed by atoms with Crippen molar-refractivity contribution in [1.82, 2.24) is 9.55 Å². The Hall–Kier alpha value is -2.30. The van der Waals surface area contributed by atoms with E-state index in [0.29, 0.717) is 5.02 Å². The van der Waals surface area contributed by atoms with E-state index in [-0.39, 0.29) is 18.8 Å². The smallest absolute Gasteiger partial charge is 0.429 e. The predicted molar refractivity (Wildman–Crippen MR) is 95.7 cm³/mol. The van der Waals surface area contributed by atoms with Crippen LogP contribution in [0.25, 0.3) is 0 Å². The molecule has 2 aromatic rings. The molecule has 0 aliphatic carbocycles. The number of thioether (sulfide) groups is 1. The van der Waals surface area contributed by atoms with Crippen molar-refractivity contribution in [3.63, 3.8) is 0 Å². The second-order valence-corrected chi connectivity index (χ2v) is 7.51. The van der Waals surface area contributed by atoms with E-state index in [1.54, 1.807) is 12.1 Å². The molecular formula is C16H14ClFN2O6S. The number of halogens is 2. The number of aliphatic hydroxyl groups excluding tert-OH is 1. The first-order valence-corrected chi connectivity index (χ1v) is 9.10. The average molecular weight is 417 g/mol. The van der Waals surface area contributed by atoms with Crippen molar-refractivity contribution in [3.8, 4) is 5.75 Å². The van der Waals surface area contributed by atoms with E-state index in [0.717, 1.165) is 22.5 Å². The zero-order chi connectivity index (χ0) is 19.6. The lowest BCUT2D eigenvalue weighted by atomic mass is 10.2. The molecule has 0 spiro atoms. The van der Waals surface area contributed by atoms with Crippen LogP contribution < -0.4 is 16.0 Å². The molecule has 2 heterocycles. The van der Waals surface area contributed by atoms with E-state index in [4.69, 9.17) is 21.1 Å². The maximum atomic E-state index is 13.5. The molecule has 144 valence electrons. The fourth-order valence-corrected chi connectivity index (χ4v) is 4.13. The van der Waals surface area contributed by atoms with Crippen LogP contribution in [-0.2, 0) is 4.74 Å². The number of H-pyrrole nitrogens is 1. The van der Waals surface area contributed by atoms with Gasteiger partial charge in [0.2, 0.25) is 5.82 Å². The van der Waals surface area contributed by atoms with Gasteiger partial charge in [-0.25, -0.2) is 9.59 Å². The second-order valence-electron chi connectivity index (χ2n) is 5.65. The van der Waals surface area contributed by atoms with Crippen molar-refractivity contribution in [1.29, 1.82) is 0 Å². The monoisotopic (exact) mass is 416 g/mol. The highest BCUT2D eigenvalue weighted by Gasteiger charge is 2.39. The summed E-state index contributed by atoms with van der Waals surface area (Å²) in [6, 6.07) is 6.06. The Balaban J connectivity index is 1.70. The van der Waals surface area contributed by atoms with Crippen LogP contribution in [0.2, 0.25) is 5.02 Å². The van der Waals surface area contributed by atoms with Crippen LogP contribution in [-0.4, -0.2) is 38.8 Å². The number of benzene rings is 1. The van der Waals surface area contributed by atoms with Crippen LogP contribution in [0.5, 0.6) is 5.75 Å². The van der Waals surface area contributed by atoms with Gasteiger partial charge in [-0.3, -0.25) is 14.3 Å². The second kappa shape index (κ2) is 8.15. The third-order valence-corrected chi connectivity index (χ3v) is 5.65. The topological polar surface area (TPSA) is 111 Å². The molecule has 0 amide bonds. The number of ether oxygens (including phenoxy) is 2. The molecule has 1 fully saturated rings. The molecule has 3 rings (SSSR count). The number of rotatable bonds is 4. The van der Waals surface area contributed by atoms with Gasteiger partial charge in [0, 0.05) is 11.4 Å². The van der Waals surface area contributed by atoms with Crippen molar-refractivity contribution in [2.24, 2.45) is 0 Å². The Morgan fingerprint density at radius 1 is 1.37 bits per heavy atom. The van der Waals surface area contributed by atoms with Gasteiger partial charge in [0.25, 0.3) is 5.56 Å². The summed E-state index contributed by atoms with van der Waals surface area (Å²) in [7, 11) is 0. The summed E-state index contributed by atoms with van der Waals surface area (Å²) in [6.45, 7) is -0.333. The van der Waals surface area contributed by atoms with Crippen LogP contribution in [0.15, 0.2) is 40.1 Å². The highest BCUT2D eigenvalue weighted by atomic mass is 35.5. The van der Waals surface area contributed by atoms with Gasteiger partial charge in [-0.2, -0.15) is 4.39 Å². The van der Waals surface area contributed by atoms with Crippen LogP contribution in [0.1, 0.15) is 11.8 Å². The largest absolute Gasteiger partial charge is 0.514 e. The van der Waals surface area contributed by atoms with Gasteiger partial charge < -0.3 is 14.6 Å². The predicted octanol–water partition coefficient (Wildman–Crippen LogP) is 1.91. The van der Waals surface area contributed by atoms with Crippen LogP contribution >= 0.6 is 23.4 Å². The maximum Gasteiger partial charge on any atom is 0.514 e. The van der Waals surface area contributed by atoms with Crippen LogP contribution in [0, 0.1) is 5.82 Å². The summed E-state index contributed by atoms with van der Waals surface area (Å²) in [4.78, 5) is 36.9. The van der Waals surface area contributed by atoms with Crippen LogP contribution in [0.4, 0.5) is 9.18 Å². The first-order chi connectivity index (χ1) is 12.9. The van der Waals surface area contributed by atoms with E-state index in [1.807, 2.05) is 4.98 Å². The van der Waals surface area contributed by atoms with Crippen LogP contribution in [0.3, 0.4) is 0 Å². The highest BCUT2D eigenvalue weighted by Crippen LogP contribution is 2.42. The quantitative estimate of drug-likeness (QED) is 0.578. The van der Waals surface area contributed by atoms with Crippen molar-refractivity contribution in [3.05, 3.63) is 62.1 Å². The molecule has 2 N–H and O–H groups in total. The zero-order valence-corrected chi connectivity index (χ0v) is 15.2. The van der Waals surface area contributed by atoms with Gasteiger partial charge in [0.05, 0.1) is 23.4 Å². The molecule has 0 unspecified atom stereocenters. The summed E-state index contributed by atoms with van der Waals surface area (Å²) in [5.41, 5.74) is -1.91. The maximum absolute atomic E-state index is 13.5. The molecule has 0 saturated carbocycles. The van der Waals surface area contributed by atoms with Gasteiger partial charge >= 0.3 is 11.8 Å². The fourth-order valence-electron chi connectivity index (χ4n) is 2.58. The number of hydrogen-bond acceptors (Lipinski definition) is 7. The number of carbonyl (C=O) groups is 1. The molecule has 27 heavy (non-hydrogen) atoms. The minimum absolute atomic E-state index is 0.122. The standard InChI is InChI=1S/C16H14ClFN2O6S/c17-8-1-3-9(4-2-8)25-16(24)26-11-5-13(27-12(11)7-21)20-6-10(18)14(22)19-15(20)23/h1-4,6,11-13,21H,5,7H2,(H,19,22,23)/t11-,12+,13+/m0/s1. The highest BCUT2D eigenvalue weighted by molar-refractivity contribution is 8.00. The third-order valence-electron chi connectivity index (χ3n) is 3.86. The van der Waals surface area contributed by atoms with Crippen molar-refractivity contribution in [2.75, 3.05) is 6.61 Å². The van der Waals surface area contributed by atoms with Gasteiger partial charge in [-0.15, -0.1) is 11.8 Å². The van der Waals surface area contributed by atoms with Gasteiger partial charge in [-0.1, -0.05) is 11.6 Å².